The highest BCUT2D eigenvalue weighted by Gasteiger charge is 2.55. The van der Waals surface area contributed by atoms with Crippen molar-refractivity contribution < 1.29 is 32.0 Å². The molecule has 0 radical (unpaired) electrons. The van der Waals surface area contributed by atoms with E-state index in [4.69, 9.17) is 4.42 Å². The van der Waals surface area contributed by atoms with Crippen LogP contribution in [0.1, 0.15) is 43.9 Å². The molecule has 1 aromatic carbocycles. The SMILES string of the molecule is CCCC1(C2CCN(C(=O)Cc3c(F)cc(F)cc3F)CC2)NC(=O)N(Cc2ccco2)C1=O. The number of furan rings is 1. The third-order valence-corrected chi connectivity index (χ3v) is 6.72. The number of nitrogens with one attached hydrogen (secondary N) is 1. The van der Waals surface area contributed by atoms with Crippen molar-refractivity contribution in [3.8, 4) is 0 Å². The quantitative estimate of drug-likeness (QED) is 0.616. The highest BCUT2D eigenvalue weighted by atomic mass is 19.1. The molecule has 0 spiro atoms. The lowest BCUT2D eigenvalue weighted by Gasteiger charge is -2.41. The third kappa shape index (κ3) is 4.41. The molecular formula is C24H26F3N3O4. The number of imide groups is 1. The molecule has 182 valence electrons. The van der Waals surface area contributed by atoms with Gasteiger partial charge in [0.15, 0.2) is 0 Å². The lowest BCUT2D eigenvalue weighted by atomic mass is 9.74. The third-order valence-electron chi connectivity index (χ3n) is 6.72. The molecule has 0 aliphatic carbocycles. The maximum Gasteiger partial charge on any atom is 0.325 e. The molecule has 1 aromatic heterocycles. The molecule has 2 aliphatic heterocycles. The molecule has 2 aromatic rings. The van der Waals surface area contributed by atoms with Crippen molar-refractivity contribution in [2.75, 3.05) is 13.1 Å². The zero-order chi connectivity index (χ0) is 24.5. The topological polar surface area (TPSA) is 82.9 Å². The van der Waals surface area contributed by atoms with E-state index in [1.54, 1.807) is 12.1 Å². The molecule has 4 amide bonds. The normalized spacial score (nSPS) is 21.3. The van der Waals surface area contributed by atoms with Gasteiger partial charge in [0.05, 0.1) is 19.2 Å². The first kappa shape index (κ1) is 23.8. The molecule has 1 N–H and O–H groups in total. The maximum atomic E-state index is 14.0. The van der Waals surface area contributed by atoms with Gasteiger partial charge in [-0.3, -0.25) is 14.5 Å². The van der Waals surface area contributed by atoms with Crippen molar-refractivity contribution in [2.24, 2.45) is 5.92 Å². The number of rotatable bonds is 7. The molecule has 3 heterocycles. The van der Waals surface area contributed by atoms with Gasteiger partial charge in [-0.05, 0) is 37.3 Å². The summed E-state index contributed by atoms with van der Waals surface area (Å²) in [5.74, 6) is -3.73. The second-order valence-corrected chi connectivity index (χ2v) is 8.80. The molecule has 4 rings (SSSR count). The second kappa shape index (κ2) is 9.52. The first-order valence-corrected chi connectivity index (χ1v) is 11.3. The summed E-state index contributed by atoms with van der Waals surface area (Å²) in [6.45, 7) is 2.53. The number of urea groups is 1. The molecular weight excluding hydrogens is 451 g/mol. The van der Waals surface area contributed by atoms with E-state index in [0.717, 1.165) is 4.90 Å². The Bertz CT molecular complexity index is 1060. The number of carbonyl (C=O) groups excluding carboxylic acids is 3. The van der Waals surface area contributed by atoms with E-state index < -0.39 is 46.9 Å². The van der Waals surface area contributed by atoms with Crippen LogP contribution in [0.5, 0.6) is 0 Å². The number of amides is 4. The Labute approximate surface area is 194 Å². The van der Waals surface area contributed by atoms with Crippen LogP contribution in [-0.2, 0) is 22.6 Å². The first-order valence-electron chi connectivity index (χ1n) is 11.3. The van der Waals surface area contributed by atoms with E-state index in [1.165, 1.54) is 11.2 Å². The summed E-state index contributed by atoms with van der Waals surface area (Å²) in [6.07, 6.45) is 2.97. The summed E-state index contributed by atoms with van der Waals surface area (Å²) in [5.41, 5.74) is -1.54. The van der Waals surface area contributed by atoms with Gasteiger partial charge >= 0.3 is 6.03 Å². The van der Waals surface area contributed by atoms with Crippen LogP contribution >= 0.6 is 0 Å². The van der Waals surface area contributed by atoms with Crippen molar-refractivity contribution in [3.05, 3.63) is 59.3 Å². The summed E-state index contributed by atoms with van der Waals surface area (Å²) in [6, 6.07) is 4.00. The average molecular weight is 477 g/mol. The van der Waals surface area contributed by atoms with E-state index in [-0.39, 0.29) is 31.5 Å². The number of likely N-dealkylation sites (tertiary alicyclic amines) is 1. The van der Waals surface area contributed by atoms with Crippen LogP contribution in [0.3, 0.4) is 0 Å². The van der Waals surface area contributed by atoms with Gasteiger partial charge in [0, 0.05) is 30.8 Å². The fourth-order valence-electron chi connectivity index (χ4n) is 5.02. The van der Waals surface area contributed by atoms with Crippen LogP contribution in [-0.4, -0.2) is 46.3 Å². The summed E-state index contributed by atoms with van der Waals surface area (Å²) in [7, 11) is 0. The van der Waals surface area contributed by atoms with Crippen LogP contribution < -0.4 is 5.32 Å². The van der Waals surface area contributed by atoms with Gasteiger partial charge < -0.3 is 14.6 Å². The minimum atomic E-state index is -1.10. The Morgan fingerprint density at radius 2 is 1.85 bits per heavy atom. The largest absolute Gasteiger partial charge is 0.467 e. The molecule has 2 fully saturated rings. The Morgan fingerprint density at radius 3 is 2.44 bits per heavy atom. The van der Waals surface area contributed by atoms with Gasteiger partial charge in [0.1, 0.15) is 28.8 Å². The minimum absolute atomic E-state index is 0.0370. The Kier molecular flexibility index (Phi) is 6.67. The summed E-state index contributed by atoms with van der Waals surface area (Å²) in [5, 5.41) is 2.91. The predicted molar refractivity (Wildman–Crippen MR) is 115 cm³/mol. The molecule has 34 heavy (non-hydrogen) atoms. The first-order chi connectivity index (χ1) is 16.2. The second-order valence-electron chi connectivity index (χ2n) is 8.80. The number of benzene rings is 1. The summed E-state index contributed by atoms with van der Waals surface area (Å²) >= 11 is 0. The van der Waals surface area contributed by atoms with Gasteiger partial charge in [-0.1, -0.05) is 13.3 Å². The molecule has 2 saturated heterocycles. The molecule has 1 unspecified atom stereocenters. The number of carbonyl (C=O) groups is 3. The summed E-state index contributed by atoms with van der Waals surface area (Å²) < 4.78 is 46.3. The number of piperidine rings is 1. The standard InChI is InChI=1S/C24H26F3N3O4/c1-2-7-24(22(32)30(23(33)28-24)14-17-4-3-10-34-17)15-5-8-29(9-6-15)21(31)13-18-19(26)11-16(25)12-20(18)27/h3-4,10-12,15H,2,5-9,13-14H2,1H3,(H,28,33). The zero-order valence-corrected chi connectivity index (χ0v) is 18.8. The maximum absolute atomic E-state index is 14.0. The average Bonchev–Trinajstić information content (AvgIpc) is 3.39. The van der Waals surface area contributed by atoms with E-state index in [9.17, 15) is 27.6 Å². The van der Waals surface area contributed by atoms with Crippen molar-refractivity contribution in [2.45, 2.75) is 51.1 Å². The molecule has 0 bridgehead atoms. The van der Waals surface area contributed by atoms with E-state index in [1.807, 2.05) is 6.92 Å². The van der Waals surface area contributed by atoms with Gasteiger partial charge in [-0.25, -0.2) is 18.0 Å². The Morgan fingerprint density at radius 1 is 1.18 bits per heavy atom. The fourth-order valence-corrected chi connectivity index (χ4v) is 5.02. The lowest BCUT2D eigenvalue weighted by Crippen LogP contribution is -2.56. The van der Waals surface area contributed by atoms with Crippen molar-refractivity contribution in [1.82, 2.24) is 15.1 Å². The number of hydrogen-bond acceptors (Lipinski definition) is 4. The number of hydrogen-bond donors (Lipinski definition) is 1. The van der Waals surface area contributed by atoms with Crippen molar-refractivity contribution >= 4 is 17.8 Å². The van der Waals surface area contributed by atoms with E-state index in [2.05, 4.69) is 5.32 Å². The van der Waals surface area contributed by atoms with Gasteiger partial charge in [0.2, 0.25) is 5.91 Å². The highest BCUT2D eigenvalue weighted by Crippen LogP contribution is 2.37. The molecule has 2 aliphatic rings. The Hall–Kier alpha value is -3.30. The van der Waals surface area contributed by atoms with Crippen LogP contribution in [0.2, 0.25) is 0 Å². The highest BCUT2D eigenvalue weighted by molar-refractivity contribution is 6.07. The zero-order valence-electron chi connectivity index (χ0n) is 18.8. The molecule has 0 saturated carbocycles. The molecule has 10 heteroatoms. The smallest absolute Gasteiger partial charge is 0.325 e. The lowest BCUT2D eigenvalue weighted by molar-refractivity contribution is -0.136. The summed E-state index contributed by atoms with van der Waals surface area (Å²) in [4.78, 5) is 41.4. The predicted octanol–water partition coefficient (Wildman–Crippen LogP) is 3.77. The Balaban J connectivity index is 1.44. The minimum Gasteiger partial charge on any atom is -0.467 e. The van der Waals surface area contributed by atoms with Crippen LogP contribution in [0.4, 0.5) is 18.0 Å². The van der Waals surface area contributed by atoms with Gasteiger partial charge in [0.25, 0.3) is 5.91 Å². The van der Waals surface area contributed by atoms with Crippen LogP contribution in [0.25, 0.3) is 0 Å². The number of halogens is 3. The van der Waals surface area contributed by atoms with Crippen molar-refractivity contribution in [1.29, 1.82) is 0 Å². The van der Waals surface area contributed by atoms with Crippen LogP contribution in [0, 0.1) is 23.4 Å². The fraction of sp³-hybridized carbons (Fsp3) is 0.458. The van der Waals surface area contributed by atoms with E-state index in [0.29, 0.717) is 43.6 Å². The van der Waals surface area contributed by atoms with Crippen LogP contribution in [0.15, 0.2) is 34.9 Å². The van der Waals surface area contributed by atoms with E-state index >= 15 is 0 Å². The van der Waals surface area contributed by atoms with Gasteiger partial charge in [-0.15, -0.1) is 0 Å². The number of nitrogens with zero attached hydrogens (tertiary/aromatic N) is 2. The monoisotopic (exact) mass is 477 g/mol. The molecule has 1 atom stereocenters. The van der Waals surface area contributed by atoms with Gasteiger partial charge in [-0.2, -0.15) is 0 Å². The molecule has 7 nitrogen and oxygen atoms in total. The van der Waals surface area contributed by atoms with Crippen molar-refractivity contribution in [3.63, 3.8) is 0 Å².